The Balaban J connectivity index is 1.95. The van der Waals surface area contributed by atoms with E-state index in [1.807, 2.05) is 60.7 Å². The monoisotopic (exact) mass is 421 g/mol. The van der Waals surface area contributed by atoms with Crippen LogP contribution in [0.4, 0.5) is 4.79 Å². The van der Waals surface area contributed by atoms with Crippen molar-refractivity contribution in [3.05, 3.63) is 107 Å². The summed E-state index contributed by atoms with van der Waals surface area (Å²) in [5, 5.41) is 0. The number of benzene rings is 3. The minimum Gasteiger partial charge on any atom is -0.449 e. The van der Waals surface area contributed by atoms with Gasteiger partial charge in [0.05, 0.1) is 29.1 Å². The van der Waals surface area contributed by atoms with Gasteiger partial charge in [-0.05, 0) is 18.1 Å². The van der Waals surface area contributed by atoms with Crippen molar-refractivity contribution in [2.24, 2.45) is 0 Å². The van der Waals surface area contributed by atoms with Gasteiger partial charge in [0.25, 0.3) is 0 Å². The molecule has 0 amide bonds. The molecule has 0 saturated carbocycles. The number of aromatic nitrogens is 1. The summed E-state index contributed by atoms with van der Waals surface area (Å²) in [7, 11) is 0. The van der Waals surface area contributed by atoms with Crippen molar-refractivity contribution < 1.29 is 19.1 Å². The molecule has 5 heteroatoms. The van der Waals surface area contributed by atoms with Crippen molar-refractivity contribution in [3.63, 3.8) is 0 Å². The van der Waals surface area contributed by atoms with E-state index in [1.165, 1.54) is 4.57 Å². The molecule has 32 heavy (non-hydrogen) atoms. The molecule has 0 fully saturated rings. The SMILES string of the molecule is CCOC(=O)n1c(-c2ccccc2)c2c(c1-c1ccccc1)C(=O)c1ccccc1C2=O. The van der Waals surface area contributed by atoms with Gasteiger partial charge in [0.15, 0.2) is 11.6 Å². The average molecular weight is 421 g/mol. The summed E-state index contributed by atoms with van der Waals surface area (Å²) >= 11 is 0. The molecule has 156 valence electrons. The maximum Gasteiger partial charge on any atom is 0.419 e. The van der Waals surface area contributed by atoms with Gasteiger partial charge in [-0.25, -0.2) is 9.36 Å². The minimum absolute atomic E-state index is 0.159. The van der Waals surface area contributed by atoms with Gasteiger partial charge in [0.2, 0.25) is 0 Å². The Hall–Kier alpha value is -4.25. The number of hydrogen-bond acceptors (Lipinski definition) is 4. The van der Waals surface area contributed by atoms with Crippen LogP contribution in [-0.2, 0) is 4.74 Å². The number of carbonyl (C=O) groups excluding carboxylic acids is 3. The predicted octanol–water partition coefficient (Wildman–Crippen LogP) is 5.60. The first-order valence-corrected chi connectivity index (χ1v) is 10.4. The summed E-state index contributed by atoms with van der Waals surface area (Å²) in [6, 6.07) is 25.1. The quantitative estimate of drug-likeness (QED) is 0.380. The third-order valence-corrected chi connectivity index (χ3v) is 5.59. The van der Waals surface area contributed by atoms with E-state index in [0.29, 0.717) is 33.6 Å². The maximum atomic E-state index is 13.7. The van der Waals surface area contributed by atoms with Crippen LogP contribution >= 0.6 is 0 Å². The minimum atomic E-state index is -0.635. The van der Waals surface area contributed by atoms with Crippen molar-refractivity contribution in [1.82, 2.24) is 4.57 Å². The fourth-order valence-corrected chi connectivity index (χ4v) is 4.27. The Morgan fingerprint density at radius 1 is 0.688 bits per heavy atom. The molecular formula is C27H19NO4. The highest BCUT2D eigenvalue weighted by atomic mass is 16.5. The number of ether oxygens (including phenoxy) is 1. The molecule has 0 spiro atoms. The van der Waals surface area contributed by atoms with Gasteiger partial charge >= 0.3 is 6.09 Å². The van der Waals surface area contributed by atoms with Crippen LogP contribution in [0.25, 0.3) is 22.5 Å². The molecule has 1 aliphatic rings. The average Bonchev–Trinajstić information content (AvgIpc) is 3.20. The highest BCUT2D eigenvalue weighted by Crippen LogP contribution is 2.42. The number of rotatable bonds is 3. The van der Waals surface area contributed by atoms with E-state index in [2.05, 4.69) is 0 Å². The molecule has 1 aliphatic carbocycles. The molecule has 0 saturated heterocycles. The Bertz CT molecular complexity index is 1270. The maximum absolute atomic E-state index is 13.7. The molecule has 0 atom stereocenters. The largest absolute Gasteiger partial charge is 0.449 e. The lowest BCUT2D eigenvalue weighted by molar-refractivity contribution is 0.0981. The number of hydrogen-bond donors (Lipinski definition) is 0. The summed E-state index contributed by atoms with van der Waals surface area (Å²) in [6.45, 7) is 1.88. The van der Waals surface area contributed by atoms with E-state index in [1.54, 1.807) is 31.2 Å². The zero-order valence-electron chi connectivity index (χ0n) is 17.4. The molecule has 4 aromatic rings. The second-order valence-electron chi connectivity index (χ2n) is 7.42. The van der Waals surface area contributed by atoms with Crippen molar-refractivity contribution >= 4 is 17.7 Å². The summed E-state index contributed by atoms with van der Waals surface area (Å²) in [4.78, 5) is 40.7. The number of fused-ring (bicyclic) bond motifs is 2. The molecule has 5 rings (SSSR count). The van der Waals surface area contributed by atoms with Gasteiger partial charge in [-0.15, -0.1) is 0 Å². The molecule has 0 N–H and O–H groups in total. The van der Waals surface area contributed by atoms with Crippen molar-refractivity contribution in [1.29, 1.82) is 0 Å². The molecule has 5 nitrogen and oxygen atoms in total. The van der Waals surface area contributed by atoms with Crippen LogP contribution in [0.5, 0.6) is 0 Å². The highest BCUT2D eigenvalue weighted by Gasteiger charge is 2.40. The lowest BCUT2D eigenvalue weighted by atomic mass is 9.83. The van der Waals surface area contributed by atoms with Crippen LogP contribution in [0, 0.1) is 0 Å². The van der Waals surface area contributed by atoms with E-state index in [-0.39, 0.29) is 29.3 Å². The standard InChI is InChI=1S/C27H19NO4/c1-2-32-27(31)28-23(17-11-5-3-6-12-17)21-22(24(28)18-13-7-4-8-14-18)26(30)20-16-10-9-15-19(20)25(21)29/h3-16H,2H2,1H3. The second kappa shape index (κ2) is 7.78. The Morgan fingerprint density at radius 3 is 1.50 bits per heavy atom. The summed E-state index contributed by atoms with van der Waals surface area (Å²) in [5.41, 5.74) is 3.17. The molecule has 0 bridgehead atoms. The second-order valence-corrected chi connectivity index (χ2v) is 7.42. The summed E-state index contributed by atoms with van der Waals surface area (Å²) in [5.74, 6) is -0.566. The van der Waals surface area contributed by atoms with Crippen molar-refractivity contribution in [2.75, 3.05) is 6.61 Å². The normalized spacial score (nSPS) is 12.3. The third kappa shape index (κ3) is 2.90. The van der Waals surface area contributed by atoms with Crippen LogP contribution in [0.15, 0.2) is 84.9 Å². The fourth-order valence-electron chi connectivity index (χ4n) is 4.27. The van der Waals surface area contributed by atoms with Gasteiger partial charge in [-0.2, -0.15) is 0 Å². The number of carbonyl (C=O) groups is 3. The topological polar surface area (TPSA) is 65.4 Å². The van der Waals surface area contributed by atoms with E-state index in [0.717, 1.165) is 0 Å². The van der Waals surface area contributed by atoms with E-state index >= 15 is 0 Å². The van der Waals surface area contributed by atoms with Gasteiger partial charge < -0.3 is 4.74 Å². The molecule has 1 heterocycles. The predicted molar refractivity (Wildman–Crippen MR) is 121 cm³/mol. The molecular weight excluding hydrogens is 402 g/mol. The Morgan fingerprint density at radius 2 is 1.09 bits per heavy atom. The van der Waals surface area contributed by atoms with Crippen LogP contribution < -0.4 is 0 Å². The van der Waals surface area contributed by atoms with Gasteiger partial charge in [-0.1, -0.05) is 84.9 Å². The van der Waals surface area contributed by atoms with E-state index in [9.17, 15) is 14.4 Å². The van der Waals surface area contributed by atoms with Gasteiger partial charge in [0.1, 0.15) is 0 Å². The molecule has 3 aromatic carbocycles. The van der Waals surface area contributed by atoms with Gasteiger partial charge in [-0.3, -0.25) is 9.59 Å². The molecule has 0 radical (unpaired) electrons. The smallest absolute Gasteiger partial charge is 0.419 e. The summed E-state index contributed by atoms with van der Waals surface area (Å²) < 4.78 is 6.75. The fraction of sp³-hybridized carbons (Fsp3) is 0.0741. The van der Waals surface area contributed by atoms with Crippen LogP contribution in [0.1, 0.15) is 38.8 Å². The van der Waals surface area contributed by atoms with E-state index < -0.39 is 6.09 Å². The lowest BCUT2D eigenvalue weighted by Gasteiger charge is -2.16. The molecule has 0 unspecified atom stereocenters. The summed E-state index contributed by atoms with van der Waals surface area (Å²) in [6.07, 6.45) is -0.635. The van der Waals surface area contributed by atoms with Crippen molar-refractivity contribution in [2.45, 2.75) is 6.92 Å². The highest BCUT2D eigenvalue weighted by molar-refractivity contribution is 6.32. The number of ketones is 2. The first-order valence-electron chi connectivity index (χ1n) is 10.4. The van der Waals surface area contributed by atoms with Gasteiger partial charge in [0, 0.05) is 11.1 Å². The zero-order chi connectivity index (χ0) is 22.2. The number of nitrogens with zero attached hydrogens (tertiary/aromatic N) is 1. The molecule has 0 aliphatic heterocycles. The molecule has 1 aromatic heterocycles. The first-order chi connectivity index (χ1) is 15.6. The lowest BCUT2D eigenvalue weighted by Crippen LogP contribution is -2.20. The van der Waals surface area contributed by atoms with Crippen LogP contribution in [0.3, 0.4) is 0 Å². The van der Waals surface area contributed by atoms with Crippen LogP contribution in [-0.4, -0.2) is 28.8 Å². The zero-order valence-corrected chi connectivity index (χ0v) is 17.4. The Labute approximate surface area is 184 Å². The third-order valence-electron chi connectivity index (χ3n) is 5.59. The van der Waals surface area contributed by atoms with Crippen molar-refractivity contribution in [3.8, 4) is 22.5 Å². The first kappa shape index (κ1) is 19.7. The van der Waals surface area contributed by atoms with Crippen LogP contribution in [0.2, 0.25) is 0 Å². The van der Waals surface area contributed by atoms with E-state index in [4.69, 9.17) is 4.74 Å². The Kier molecular flexibility index (Phi) is 4.79.